The van der Waals surface area contributed by atoms with Gasteiger partial charge >= 0.3 is 0 Å². The second-order valence-corrected chi connectivity index (χ2v) is 5.01. The highest BCUT2D eigenvalue weighted by molar-refractivity contribution is 5.86. The molecular weight excluding hydrogens is 246 g/mol. The summed E-state index contributed by atoms with van der Waals surface area (Å²) in [7, 11) is 0. The van der Waals surface area contributed by atoms with E-state index in [0.717, 1.165) is 18.1 Å². The van der Waals surface area contributed by atoms with Gasteiger partial charge in [-0.15, -0.1) is 0 Å². The number of nitrogens with one attached hydrogen (secondary N) is 1. The lowest BCUT2D eigenvalue weighted by atomic mass is 9.97. The Bertz CT molecular complexity index is 709. The quantitative estimate of drug-likeness (QED) is 0.754. The van der Waals surface area contributed by atoms with E-state index in [1.54, 1.807) is 0 Å². The number of benzene rings is 2. The largest absolute Gasteiger partial charge is 0.464 e. The van der Waals surface area contributed by atoms with E-state index in [1.807, 2.05) is 13.0 Å². The van der Waals surface area contributed by atoms with Gasteiger partial charge in [-0.3, -0.25) is 0 Å². The molecule has 102 valence electrons. The topological polar surface area (TPSA) is 25.2 Å². The van der Waals surface area contributed by atoms with Crippen LogP contribution in [0.1, 0.15) is 30.0 Å². The normalized spacial score (nSPS) is 12.7. The molecule has 0 aliphatic heterocycles. The molecule has 3 rings (SSSR count). The van der Waals surface area contributed by atoms with Crippen LogP contribution in [0.5, 0.6) is 0 Å². The Labute approximate surface area is 119 Å². The van der Waals surface area contributed by atoms with Crippen molar-refractivity contribution in [2.75, 3.05) is 6.54 Å². The van der Waals surface area contributed by atoms with Crippen LogP contribution in [0.15, 0.2) is 59.0 Å². The van der Waals surface area contributed by atoms with Crippen LogP contribution in [0.3, 0.4) is 0 Å². The van der Waals surface area contributed by atoms with Gasteiger partial charge in [0.15, 0.2) is 0 Å². The van der Waals surface area contributed by atoms with Gasteiger partial charge in [0, 0.05) is 0 Å². The van der Waals surface area contributed by atoms with Crippen molar-refractivity contribution in [3.8, 4) is 0 Å². The minimum Gasteiger partial charge on any atom is -0.464 e. The predicted molar refractivity (Wildman–Crippen MR) is 82.9 cm³/mol. The fraction of sp³-hybridized carbons (Fsp3) is 0.222. The van der Waals surface area contributed by atoms with Crippen LogP contribution in [0.2, 0.25) is 0 Å². The minimum atomic E-state index is 0.0970. The lowest BCUT2D eigenvalue weighted by molar-refractivity contribution is 0.436. The lowest BCUT2D eigenvalue weighted by Gasteiger charge is -2.18. The summed E-state index contributed by atoms with van der Waals surface area (Å²) in [6.07, 6.45) is 0. The van der Waals surface area contributed by atoms with E-state index in [-0.39, 0.29) is 6.04 Å². The predicted octanol–water partition coefficient (Wildman–Crippen LogP) is 4.44. The summed E-state index contributed by atoms with van der Waals surface area (Å²) in [5, 5.41) is 6.06. The van der Waals surface area contributed by atoms with Crippen LogP contribution >= 0.6 is 0 Å². The van der Waals surface area contributed by atoms with Crippen LogP contribution in [0, 0.1) is 6.92 Å². The summed E-state index contributed by atoms with van der Waals surface area (Å²) in [4.78, 5) is 0. The maximum atomic E-state index is 5.84. The van der Waals surface area contributed by atoms with Crippen molar-refractivity contribution >= 4 is 10.8 Å². The number of aryl methyl sites for hydroxylation is 1. The highest BCUT2D eigenvalue weighted by Gasteiger charge is 2.18. The first-order chi connectivity index (χ1) is 9.79. The molecule has 0 amide bonds. The van der Waals surface area contributed by atoms with Crippen molar-refractivity contribution in [1.82, 2.24) is 5.32 Å². The number of fused-ring (bicyclic) bond motifs is 1. The molecule has 1 N–H and O–H groups in total. The second-order valence-electron chi connectivity index (χ2n) is 5.01. The molecule has 1 heterocycles. The SMILES string of the molecule is CCNC(c1ccc(C)o1)c1cccc2ccccc12. The molecule has 1 atom stereocenters. The van der Waals surface area contributed by atoms with Gasteiger partial charge in [0.2, 0.25) is 0 Å². The highest BCUT2D eigenvalue weighted by Crippen LogP contribution is 2.29. The highest BCUT2D eigenvalue weighted by atomic mass is 16.3. The molecule has 1 aromatic heterocycles. The van der Waals surface area contributed by atoms with Crippen molar-refractivity contribution in [2.45, 2.75) is 19.9 Å². The van der Waals surface area contributed by atoms with Crippen LogP contribution in [-0.2, 0) is 0 Å². The van der Waals surface area contributed by atoms with Gasteiger partial charge in [-0.1, -0.05) is 49.4 Å². The second kappa shape index (κ2) is 5.51. The summed E-state index contributed by atoms with van der Waals surface area (Å²) >= 11 is 0. The molecular formula is C18H19NO. The molecule has 0 saturated carbocycles. The Morgan fingerprint density at radius 3 is 2.55 bits per heavy atom. The van der Waals surface area contributed by atoms with Crippen LogP contribution in [0.4, 0.5) is 0 Å². The summed E-state index contributed by atoms with van der Waals surface area (Å²) in [5.74, 6) is 1.92. The fourth-order valence-electron chi connectivity index (χ4n) is 2.68. The number of hydrogen-bond acceptors (Lipinski definition) is 2. The van der Waals surface area contributed by atoms with Crippen LogP contribution in [-0.4, -0.2) is 6.54 Å². The average molecular weight is 265 g/mol. The molecule has 0 bridgehead atoms. The monoisotopic (exact) mass is 265 g/mol. The molecule has 0 aliphatic carbocycles. The molecule has 0 aliphatic rings. The van der Waals surface area contributed by atoms with Crippen molar-refractivity contribution in [2.24, 2.45) is 0 Å². The first-order valence-electron chi connectivity index (χ1n) is 7.07. The first kappa shape index (κ1) is 12.9. The summed E-state index contributed by atoms with van der Waals surface area (Å²) in [6, 6.07) is 19.1. The Morgan fingerprint density at radius 1 is 1.00 bits per heavy atom. The molecule has 0 spiro atoms. The zero-order valence-electron chi connectivity index (χ0n) is 11.9. The van der Waals surface area contributed by atoms with E-state index < -0.39 is 0 Å². The van der Waals surface area contributed by atoms with Gasteiger partial charge in [-0.05, 0) is 41.9 Å². The van der Waals surface area contributed by atoms with Crippen molar-refractivity contribution in [3.63, 3.8) is 0 Å². The van der Waals surface area contributed by atoms with Crippen LogP contribution < -0.4 is 5.32 Å². The Balaban J connectivity index is 2.14. The molecule has 0 radical (unpaired) electrons. The van der Waals surface area contributed by atoms with E-state index in [0.29, 0.717) is 0 Å². The maximum Gasteiger partial charge on any atom is 0.125 e. The summed E-state index contributed by atoms with van der Waals surface area (Å²) in [6.45, 7) is 5.00. The number of rotatable bonds is 4. The average Bonchev–Trinajstić information content (AvgIpc) is 2.91. The van der Waals surface area contributed by atoms with E-state index in [4.69, 9.17) is 4.42 Å². The maximum absolute atomic E-state index is 5.84. The van der Waals surface area contributed by atoms with E-state index in [2.05, 4.69) is 60.8 Å². The fourth-order valence-corrected chi connectivity index (χ4v) is 2.68. The van der Waals surface area contributed by atoms with Crippen LogP contribution in [0.25, 0.3) is 10.8 Å². The van der Waals surface area contributed by atoms with Gasteiger partial charge in [-0.25, -0.2) is 0 Å². The van der Waals surface area contributed by atoms with Crippen molar-refractivity contribution < 1.29 is 4.42 Å². The van der Waals surface area contributed by atoms with E-state index >= 15 is 0 Å². The smallest absolute Gasteiger partial charge is 0.125 e. The molecule has 1 unspecified atom stereocenters. The van der Waals surface area contributed by atoms with Gasteiger partial charge in [0.1, 0.15) is 11.5 Å². The first-order valence-corrected chi connectivity index (χ1v) is 7.07. The zero-order valence-corrected chi connectivity index (χ0v) is 11.9. The molecule has 0 fully saturated rings. The van der Waals surface area contributed by atoms with Gasteiger partial charge in [0.25, 0.3) is 0 Å². The number of hydrogen-bond donors (Lipinski definition) is 1. The van der Waals surface area contributed by atoms with Gasteiger partial charge in [0.05, 0.1) is 6.04 Å². The Kier molecular flexibility index (Phi) is 3.57. The number of furan rings is 1. The Hall–Kier alpha value is -2.06. The standard InChI is InChI=1S/C18H19NO/c1-3-19-18(17-12-11-13(2)20-17)16-10-6-8-14-7-4-5-9-15(14)16/h4-12,18-19H,3H2,1-2H3. The third-order valence-electron chi connectivity index (χ3n) is 3.59. The lowest BCUT2D eigenvalue weighted by Crippen LogP contribution is -2.21. The molecule has 0 saturated heterocycles. The molecule has 3 aromatic rings. The van der Waals surface area contributed by atoms with Gasteiger partial charge in [-0.2, -0.15) is 0 Å². The summed E-state index contributed by atoms with van der Waals surface area (Å²) in [5.41, 5.74) is 1.26. The third-order valence-corrected chi connectivity index (χ3v) is 3.59. The van der Waals surface area contributed by atoms with Crippen molar-refractivity contribution in [3.05, 3.63) is 71.7 Å². The summed E-state index contributed by atoms with van der Waals surface area (Å²) < 4.78 is 5.84. The van der Waals surface area contributed by atoms with Crippen molar-refractivity contribution in [1.29, 1.82) is 0 Å². The van der Waals surface area contributed by atoms with E-state index in [1.165, 1.54) is 16.3 Å². The minimum absolute atomic E-state index is 0.0970. The molecule has 2 heteroatoms. The molecule has 2 nitrogen and oxygen atoms in total. The van der Waals surface area contributed by atoms with E-state index in [9.17, 15) is 0 Å². The molecule has 2 aromatic carbocycles. The Morgan fingerprint density at radius 2 is 1.80 bits per heavy atom. The zero-order chi connectivity index (χ0) is 13.9. The van der Waals surface area contributed by atoms with Gasteiger partial charge < -0.3 is 9.73 Å². The third kappa shape index (κ3) is 2.35. The molecule has 20 heavy (non-hydrogen) atoms.